The summed E-state index contributed by atoms with van der Waals surface area (Å²) >= 11 is 0. The Labute approximate surface area is 182 Å². The third-order valence-electron chi connectivity index (χ3n) is 5.95. The van der Waals surface area contributed by atoms with E-state index in [2.05, 4.69) is 6.07 Å². The van der Waals surface area contributed by atoms with E-state index in [-0.39, 0.29) is 5.78 Å². The third-order valence-corrected chi connectivity index (χ3v) is 5.95. The van der Waals surface area contributed by atoms with Crippen LogP contribution in [0.25, 0.3) is 0 Å². The zero-order valence-corrected chi connectivity index (χ0v) is 17.9. The molecular weight excluding hydrogens is 390 g/mol. The summed E-state index contributed by atoms with van der Waals surface area (Å²) in [5, 5.41) is 10.1. The van der Waals surface area contributed by atoms with Crippen LogP contribution >= 0.6 is 0 Å². The van der Waals surface area contributed by atoms with E-state index in [1.807, 2.05) is 48.2 Å². The predicted molar refractivity (Wildman–Crippen MR) is 119 cm³/mol. The van der Waals surface area contributed by atoms with Gasteiger partial charge in [0.15, 0.2) is 17.3 Å². The number of ketones is 1. The molecule has 0 fully saturated rings. The van der Waals surface area contributed by atoms with E-state index in [9.17, 15) is 10.1 Å². The van der Waals surface area contributed by atoms with Crippen LogP contribution in [0.5, 0.6) is 11.5 Å². The number of nitrogens with zero attached hydrogens (tertiary/aromatic N) is 2. The Morgan fingerprint density at radius 3 is 2.42 bits per heavy atom. The molecular formula is C25H25N3O3. The summed E-state index contributed by atoms with van der Waals surface area (Å²) in [6, 6.07) is 15.7. The van der Waals surface area contributed by atoms with Crippen LogP contribution in [-0.4, -0.2) is 20.0 Å². The smallest absolute Gasteiger partial charge is 0.161 e. The number of hydrogen-bond acceptors (Lipinski definition) is 6. The lowest BCUT2D eigenvalue weighted by Crippen LogP contribution is -2.38. The standard InChI is InChI=1S/C25H25N3O3/c1-15-7-10-17(11-8-15)28-19-5-4-6-20(29)24(19)23(18(14-26)25(28)27)16-9-12-21(30-2)22(13-16)31-3/h7-13,23H,4-6,27H2,1-3H3/t23-/m1/s1. The van der Waals surface area contributed by atoms with Crippen molar-refractivity contribution in [1.82, 2.24) is 0 Å². The van der Waals surface area contributed by atoms with Crippen LogP contribution in [-0.2, 0) is 4.79 Å². The fourth-order valence-corrected chi connectivity index (χ4v) is 4.44. The molecule has 0 spiro atoms. The van der Waals surface area contributed by atoms with Crippen LogP contribution in [0.3, 0.4) is 0 Å². The highest BCUT2D eigenvalue weighted by Crippen LogP contribution is 2.47. The van der Waals surface area contributed by atoms with Crippen molar-refractivity contribution in [2.75, 3.05) is 19.1 Å². The monoisotopic (exact) mass is 415 g/mol. The average Bonchev–Trinajstić information content (AvgIpc) is 2.79. The maximum absolute atomic E-state index is 13.2. The van der Waals surface area contributed by atoms with Gasteiger partial charge in [-0.1, -0.05) is 23.8 Å². The first-order valence-corrected chi connectivity index (χ1v) is 10.2. The molecule has 2 aliphatic rings. The average molecular weight is 415 g/mol. The summed E-state index contributed by atoms with van der Waals surface area (Å²) in [6.07, 6.45) is 1.94. The summed E-state index contributed by atoms with van der Waals surface area (Å²) < 4.78 is 10.8. The summed E-state index contributed by atoms with van der Waals surface area (Å²) in [5.41, 5.74) is 11.2. The van der Waals surface area contributed by atoms with Crippen molar-refractivity contribution in [2.24, 2.45) is 5.73 Å². The van der Waals surface area contributed by atoms with Gasteiger partial charge >= 0.3 is 0 Å². The first-order chi connectivity index (χ1) is 15.0. The first kappa shape index (κ1) is 20.5. The van der Waals surface area contributed by atoms with E-state index in [1.54, 1.807) is 20.3 Å². The second-order valence-electron chi connectivity index (χ2n) is 7.77. The fourth-order valence-electron chi connectivity index (χ4n) is 4.44. The van der Waals surface area contributed by atoms with Crippen LogP contribution in [0.15, 0.2) is 65.1 Å². The maximum atomic E-state index is 13.2. The van der Waals surface area contributed by atoms with Gasteiger partial charge < -0.3 is 15.2 Å². The molecule has 1 aliphatic carbocycles. The molecule has 158 valence electrons. The van der Waals surface area contributed by atoms with Crippen LogP contribution in [0.4, 0.5) is 5.69 Å². The summed E-state index contributed by atoms with van der Waals surface area (Å²) in [6.45, 7) is 2.02. The van der Waals surface area contributed by atoms with E-state index in [0.29, 0.717) is 34.9 Å². The van der Waals surface area contributed by atoms with Gasteiger partial charge in [-0.3, -0.25) is 9.69 Å². The van der Waals surface area contributed by atoms with E-state index in [4.69, 9.17) is 15.2 Å². The lowest BCUT2D eigenvalue weighted by molar-refractivity contribution is -0.116. The Morgan fingerprint density at radius 1 is 1.06 bits per heavy atom. The molecule has 0 amide bonds. The summed E-state index contributed by atoms with van der Waals surface area (Å²) in [7, 11) is 3.13. The second-order valence-corrected chi connectivity index (χ2v) is 7.77. The second kappa shape index (κ2) is 8.19. The number of carbonyl (C=O) groups is 1. The number of nitrogens with two attached hydrogens (primary N) is 1. The molecule has 0 saturated heterocycles. The Bertz CT molecular complexity index is 1140. The molecule has 2 N–H and O–H groups in total. The van der Waals surface area contributed by atoms with Gasteiger partial charge in [0.2, 0.25) is 0 Å². The van der Waals surface area contributed by atoms with Crippen molar-refractivity contribution in [1.29, 1.82) is 5.26 Å². The van der Waals surface area contributed by atoms with Gasteiger partial charge in [-0.25, -0.2) is 0 Å². The highest BCUT2D eigenvalue weighted by molar-refractivity contribution is 6.01. The van der Waals surface area contributed by atoms with Gasteiger partial charge in [0.25, 0.3) is 0 Å². The number of anilines is 1. The largest absolute Gasteiger partial charge is 0.493 e. The van der Waals surface area contributed by atoms with Crippen molar-refractivity contribution in [3.63, 3.8) is 0 Å². The summed E-state index contributed by atoms with van der Waals surface area (Å²) in [5.74, 6) is 1.01. The van der Waals surface area contributed by atoms with Gasteiger partial charge in [-0.2, -0.15) is 5.26 Å². The van der Waals surface area contributed by atoms with E-state index < -0.39 is 5.92 Å². The number of rotatable bonds is 4. The number of Topliss-reactive ketones (excluding diaryl/α,β-unsaturated/α-hetero) is 1. The van der Waals surface area contributed by atoms with E-state index in [0.717, 1.165) is 35.4 Å². The zero-order valence-electron chi connectivity index (χ0n) is 17.9. The van der Waals surface area contributed by atoms with Crippen LogP contribution in [0.2, 0.25) is 0 Å². The molecule has 6 heteroatoms. The molecule has 31 heavy (non-hydrogen) atoms. The normalized spacial score (nSPS) is 18.6. The summed E-state index contributed by atoms with van der Waals surface area (Å²) in [4.78, 5) is 15.1. The number of hydrogen-bond donors (Lipinski definition) is 1. The van der Waals surface area contributed by atoms with Crippen LogP contribution in [0, 0.1) is 18.3 Å². The molecule has 1 aliphatic heterocycles. The highest BCUT2D eigenvalue weighted by atomic mass is 16.5. The zero-order chi connectivity index (χ0) is 22.1. The van der Waals surface area contributed by atoms with Crippen molar-refractivity contribution in [3.05, 3.63) is 76.3 Å². The number of nitriles is 1. The molecule has 6 nitrogen and oxygen atoms in total. The molecule has 1 atom stereocenters. The number of carbonyl (C=O) groups excluding carboxylic acids is 1. The van der Waals surface area contributed by atoms with Gasteiger partial charge in [0.05, 0.1) is 31.8 Å². The quantitative estimate of drug-likeness (QED) is 0.800. The molecule has 0 saturated carbocycles. The van der Waals surface area contributed by atoms with Gasteiger partial charge in [-0.05, 0) is 49.6 Å². The minimum Gasteiger partial charge on any atom is -0.493 e. The molecule has 0 aromatic heterocycles. The lowest BCUT2D eigenvalue weighted by atomic mass is 9.75. The Hall–Kier alpha value is -3.72. The molecule has 0 bridgehead atoms. The minimum atomic E-state index is -0.533. The maximum Gasteiger partial charge on any atom is 0.161 e. The molecule has 2 aromatic rings. The van der Waals surface area contributed by atoms with Crippen molar-refractivity contribution < 1.29 is 14.3 Å². The molecule has 4 rings (SSSR count). The molecule has 0 radical (unpaired) electrons. The Kier molecular flexibility index (Phi) is 5.43. The number of allylic oxidation sites excluding steroid dienone is 3. The fraction of sp³-hybridized carbons (Fsp3) is 0.280. The minimum absolute atomic E-state index is 0.0541. The van der Waals surface area contributed by atoms with E-state index in [1.165, 1.54) is 0 Å². The van der Waals surface area contributed by atoms with Crippen molar-refractivity contribution >= 4 is 11.5 Å². The molecule has 0 unspecified atom stereocenters. The van der Waals surface area contributed by atoms with Gasteiger partial charge in [0, 0.05) is 23.4 Å². The van der Waals surface area contributed by atoms with E-state index >= 15 is 0 Å². The first-order valence-electron chi connectivity index (χ1n) is 10.2. The lowest BCUT2D eigenvalue weighted by Gasteiger charge is -2.39. The molecule has 1 heterocycles. The van der Waals surface area contributed by atoms with Crippen LogP contribution in [0.1, 0.15) is 36.3 Å². The van der Waals surface area contributed by atoms with Crippen molar-refractivity contribution in [3.8, 4) is 17.6 Å². The number of ether oxygens (including phenoxy) is 2. The Morgan fingerprint density at radius 2 is 1.77 bits per heavy atom. The topological polar surface area (TPSA) is 88.6 Å². The third kappa shape index (κ3) is 3.42. The SMILES string of the molecule is COc1ccc([C@@H]2C(C#N)=C(N)N(c3ccc(C)cc3)C3=C2C(=O)CCC3)cc1OC. The predicted octanol–water partition coefficient (Wildman–Crippen LogP) is 4.32. The number of methoxy groups -OCH3 is 2. The Balaban J connectivity index is 1.94. The number of aryl methyl sites for hydroxylation is 1. The molecule has 2 aromatic carbocycles. The van der Waals surface area contributed by atoms with Gasteiger partial charge in [0.1, 0.15) is 5.82 Å². The number of benzene rings is 2. The highest BCUT2D eigenvalue weighted by Gasteiger charge is 2.40. The van der Waals surface area contributed by atoms with Crippen LogP contribution < -0.4 is 20.1 Å². The van der Waals surface area contributed by atoms with Crippen molar-refractivity contribution in [2.45, 2.75) is 32.1 Å². The van der Waals surface area contributed by atoms with Gasteiger partial charge in [-0.15, -0.1) is 0 Å².